The minimum Gasteiger partial charge on any atom is -0.345 e. The Kier molecular flexibility index (Phi) is 4.63. The van der Waals surface area contributed by atoms with E-state index in [-0.39, 0.29) is 5.78 Å². The van der Waals surface area contributed by atoms with Crippen LogP contribution in [0.2, 0.25) is 0 Å². The van der Waals surface area contributed by atoms with Crippen LogP contribution < -0.4 is 0 Å². The summed E-state index contributed by atoms with van der Waals surface area (Å²) in [6.07, 6.45) is 2.42. The normalized spacial score (nSPS) is 13.9. The van der Waals surface area contributed by atoms with E-state index >= 15 is 0 Å². The van der Waals surface area contributed by atoms with Crippen molar-refractivity contribution in [2.24, 2.45) is 0 Å². The average Bonchev–Trinajstić information content (AvgIpc) is 3.26. The summed E-state index contributed by atoms with van der Waals surface area (Å²) in [5, 5.41) is 12.7. The summed E-state index contributed by atoms with van der Waals surface area (Å²) in [7, 11) is 0. The van der Waals surface area contributed by atoms with Gasteiger partial charge in [-0.15, -0.1) is 5.10 Å². The number of hydrogen-bond donors (Lipinski definition) is 0. The predicted molar refractivity (Wildman–Crippen MR) is 106 cm³/mol. The third-order valence-electron chi connectivity index (χ3n) is 5.05. The summed E-state index contributed by atoms with van der Waals surface area (Å²) in [5.41, 5.74) is 6.30. The van der Waals surface area contributed by atoms with E-state index < -0.39 is 0 Å². The number of carbonyl (C=O) groups excluding carboxylic acids is 1. The highest BCUT2D eigenvalue weighted by Crippen LogP contribution is 2.38. The van der Waals surface area contributed by atoms with Crippen LogP contribution in [0, 0.1) is 27.7 Å². The molecule has 140 valence electrons. The zero-order chi connectivity index (χ0) is 19.1. The van der Waals surface area contributed by atoms with E-state index in [9.17, 15) is 4.79 Å². The van der Waals surface area contributed by atoms with Crippen LogP contribution in [-0.2, 0) is 0 Å². The van der Waals surface area contributed by atoms with E-state index in [4.69, 9.17) is 0 Å². The maximum atomic E-state index is 12.8. The van der Waals surface area contributed by atoms with Gasteiger partial charge >= 0.3 is 0 Å². The van der Waals surface area contributed by atoms with Crippen LogP contribution in [0.5, 0.6) is 0 Å². The summed E-state index contributed by atoms with van der Waals surface area (Å²) in [6, 6.07) is 8.75. The summed E-state index contributed by atoms with van der Waals surface area (Å²) >= 11 is 1.38. The Bertz CT molecular complexity index is 1020. The second-order valence-electron chi connectivity index (χ2n) is 7.26. The van der Waals surface area contributed by atoms with Crippen LogP contribution in [0.25, 0.3) is 5.69 Å². The molecule has 1 aromatic carbocycles. The lowest BCUT2D eigenvalue weighted by atomic mass is 10.1. The van der Waals surface area contributed by atoms with Crippen molar-refractivity contribution in [1.29, 1.82) is 0 Å². The number of ketones is 1. The number of thioether (sulfide) groups is 1. The molecule has 2 heterocycles. The lowest BCUT2D eigenvalue weighted by Crippen LogP contribution is -2.07. The van der Waals surface area contributed by atoms with Crippen molar-refractivity contribution in [2.75, 3.05) is 5.75 Å². The zero-order valence-corrected chi connectivity index (χ0v) is 16.9. The number of aryl methyl sites for hydroxylation is 3. The van der Waals surface area contributed by atoms with Crippen molar-refractivity contribution >= 4 is 17.5 Å². The number of benzene rings is 1. The first-order chi connectivity index (χ1) is 13.0. The largest absolute Gasteiger partial charge is 0.345 e. The van der Waals surface area contributed by atoms with Crippen LogP contribution in [0.4, 0.5) is 0 Å². The van der Waals surface area contributed by atoms with Crippen LogP contribution >= 0.6 is 11.8 Å². The molecule has 1 saturated carbocycles. The Morgan fingerprint density at radius 3 is 2.67 bits per heavy atom. The molecular formula is C20H23N5OS. The van der Waals surface area contributed by atoms with Crippen LogP contribution in [0.15, 0.2) is 29.4 Å². The molecule has 1 aliphatic rings. The second kappa shape index (κ2) is 6.96. The number of Topliss-reactive ketones (excluding diaryl/α,β-unsaturated/α-hetero) is 1. The van der Waals surface area contributed by atoms with Crippen molar-refractivity contribution in [3.05, 3.63) is 52.3 Å². The first kappa shape index (κ1) is 18.0. The third-order valence-corrected chi connectivity index (χ3v) is 5.97. The summed E-state index contributed by atoms with van der Waals surface area (Å²) < 4.78 is 4.01. The van der Waals surface area contributed by atoms with Crippen LogP contribution in [0.3, 0.4) is 0 Å². The molecule has 0 aliphatic heterocycles. The van der Waals surface area contributed by atoms with E-state index in [2.05, 4.69) is 40.0 Å². The van der Waals surface area contributed by atoms with Crippen LogP contribution in [0.1, 0.15) is 51.8 Å². The minimum absolute atomic E-state index is 0.121. The molecule has 0 saturated heterocycles. The molecule has 0 spiro atoms. The standard InChI is InChI=1S/C20H23N5OS/c1-12-5-8-18(13(2)9-12)25-20(21-22-23-25)27-11-19(26)17-10-14(3)24(15(17)4)16-6-7-16/h5,8-10,16H,6-7,11H2,1-4H3. The number of hydrogen-bond acceptors (Lipinski definition) is 5. The molecule has 0 bridgehead atoms. The van der Waals surface area contributed by atoms with E-state index in [1.165, 1.54) is 35.9 Å². The minimum atomic E-state index is 0.121. The molecule has 0 N–H and O–H groups in total. The smallest absolute Gasteiger partial charge is 0.214 e. The van der Waals surface area contributed by atoms with Gasteiger partial charge in [-0.25, -0.2) is 0 Å². The molecule has 1 fully saturated rings. The Hall–Kier alpha value is -2.41. The number of tetrazole rings is 1. The Morgan fingerprint density at radius 2 is 1.96 bits per heavy atom. The molecule has 0 radical (unpaired) electrons. The molecule has 4 rings (SSSR count). The molecule has 6 nitrogen and oxygen atoms in total. The molecular weight excluding hydrogens is 358 g/mol. The van der Waals surface area contributed by atoms with Crippen molar-refractivity contribution < 1.29 is 4.79 Å². The number of aromatic nitrogens is 5. The van der Waals surface area contributed by atoms with Crippen molar-refractivity contribution in [2.45, 2.75) is 51.7 Å². The molecule has 1 aliphatic carbocycles. The van der Waals surface area contributed by atoms with Gasteiger partial charge < -0.3 is 4.57 Å². The summed E-state index contributed by atoms with van der Waals surface area (Å²) in [6.45, 7) is 8.22. The fourth-order valence-electron chi connectivity index (χ4n) is 3.63. The van der Waals surface area contributed by atoms with Gasteiger partial charge in [-0.2, -0.15) is 4.68 Å². The molecule has 0 unspecified atom stereocenters. The van der Waals surface area contributed by atoms with E-state index in [1.54, 1.807) is 4.68 Å². The van der Waals surface area contributed by atoms with Gasteiger partial charge in [0, 0.05) is 23.0 Å². The van der Waals surface area contributed by atoms with Gasteiger partial charge in [-0.05, 0) is 68.7 Å². The highest BCUT2D eigenvalue weighted by atomic mass is 32.2. The fraction of sp³-hybridized carbons (Fsp3) is 0.400. The first-order valence-electron chi connectivity index (χ1n) is 9.16. The monoisotopic (exact) mass is 381 g/mol. The van der Waals surface area contributed by atoms with E-state index in [0.29, 0.717) is 17.0 Å². The maximum absolute atomic E-state index is 12.8. The predicted octanol–water partition coefficient (Wildman–Crippen LogP) is 4.01. The highest BCUT2D eigenvalue weighted by Gasteiger charge is 2.28. The molecule has 3 aromatic rings. The Balaban J connectivity index is 1.52. The van der Waals surface area contributed by atoms with Gasteiger partial charge in [0.2, 0.25) is 5.16 Å². The van der Waals surface area contributed by atoms with Crippen LogP contribution in [-0.4, -0.2) is 36.3 Å². The topological polar surface area (TPSA) is 65.6 Å². The molecule has 27 heavy (non-hydrogen) atoms. The number of rotatable bonds is 6. The molecule has 0 amide bonds. The Morgan fingerprint density at radius 1 is 1.19 bits per heavy atom. The first-order valence-corrected chi connectivity index (χ1v) is 10.1. The Labute approximate surface area is 163 Å². The van der Waals surface area contributed by atoms with Crippen molar-refractivity contribution in [1.82, 2.24) is 24.8 Å². The molecule has 2 aromatic heterocycles. The number of carbonyl (C=O) groups is 1. The maximum Gasteiger partial charge on any atom is 0.214 e. The molecule has 7 heteroatoms. The fourth-order valence-corrected chi connectivity index (χ4v) is 4.39. The van der Waals surface area contributed by atoms with Gasteiger partial charge in [-0.1, -0.05) is 29.5 Å². The van der Waals surface area contributed by atoms with Gasteiger partial charge in [-0.3, -0.25) is 4.79 Å². The van der Waals surface area contributed by atoms with Crippen molar-refractivity contribution in [3.63, 3.8) is 0 Å². The zero-order valence-electron chi connectivity index (χ0n) is 16.1. The van der Waals surface area contributed by atoms with E-state index in [0.717, 1.165) is 22.5 Å². The van der Waals surface area contributed by atoms with Gasteiger partial charge in [0.25, 0.3) is 0 Å². The summed E-state index contributed by atoms with van der Waals surface area (Å²) in [4.78, 5) is 12.8. The van der Waals surface area contributed by atoms with E-state index in [1.807, 2.05) is 32.0 Å². The number of nitrogens with zero attached hydrogens (tertiary/aromatic N) is 5. The van der Waals surface area contributed by atoms with Gasteiger partial charge in [0.1, 0.15) is 0 Å². The van der Waals surface area contributed by atoms with Gasteiger partial charge in [0.05, 0.1) is 11.4 Å². The average molecular weight is 382 g/mol. The lowest BCUT2D eigenvalue weighted by Gasteiger charge is -2.09. The lowest BCUT2D eigenvalue weighted by molar-refractivity contribution is 0.102. The van der Waals surface area contributed by atoms with Crippen molar-refractivity contribution in [3.8, 4) is 5.69 Å². The molecule has 0 atom stereocenters. The third kappa shape index (κ3) is 3.43. The second-order valence-corrected chi connectivity index (χ2v) is 8.20. The quantitative estimate of drug-likeness (QED) is 0.477. The highest BCUT2D eigenvalue weighted by molar-refractivity contribution is 7.99. The SMILES string of the molecule is Cc1ccc(-n2nnnc2SCC(=O)c2cc(C)n(C3CC3)c2C)c(C)c1. The summed E-state index contributed by atoms with van der Waals surface area (Å²) in [5.74, 6) is 0.440. The van der Waals surface area contributed by atoms with Gasteiger partial charge in [0.15, 0.2) is 5.78 Å².